The van der Waals surface area contributed by atoms with E-state index < -0.39 is 0 Å². The van der Waals surface area contributed by atoms with Crippen molar-refractivity contribution in [3.8, 4) is 5.75 Å². The van der Waals surface area contributed by atoms with Crippen LogP contribution in [-0.4, -0.2) is 63.2 Å². The Morgan fingerprint density at radius 1 is 1.25 bits per heavy atom. The maximum Gasteiger partial charge on any atom is 0.119 e. The van der Waals surface area contributed by atoms with Crippen LogP contribution in [0.1, 0.15) is 5.56 Å². The number of likely N-dealkylation sites (N-methyl/N-ethyl adjacent to an activating group) is 1. The fourth-order valence-corrected chi connectivity index (χ4v) is 2.73. The molecule has 1 N–H and O–H groups in total. The molecule has 0 bridgehead atoms. The van der Waals surface area contributed by atoms with E-state index in [9.17, 15) is 0 Å². The number of ether oxygens (including phenoxy) is 1. The molecular formula is C15H24BrN3O. The summed E-state index contributed by atoms with van der Waals surface area (Å²) in [6, 6.07) is 6.08. The van der Waals surface area contributed by atoms with Gasteiger partial charge in [-0.15, -0.1) is 0 Å². The van der Waals surface area contributed by atoms with Gasteiger partial charge in [-0.1, -0.05) is 15.9 Å². The average Bonchev–Trinajstić information content (AvgIpc) is 2.47. The second-order valence-corrected chi connectivity index (χ2v) is 6.13. The van der Waals surface area contributed by atoms with Gasteiger partial charge in [0.1, 0.15) is 5.75 Å². The molecule has 1 aromatic rings. The molecule has 1 fully saturated rings. The van der Waals surface area contributed by atoms with E-state index in [1.54, 1.807) is 7.11 Å². The number of nitrogens with one attached hydrogen (secondary N) is 1. The molecule has 2 rings (SSSR count). The van der Waals surface area contributed by atoms with Crippen LogP contribution in [0, 0.1) is 0 Å². The average molecular weight is 342 g/mol. The van der Waals surface area contributed by atoms with Crippen molar-refractivity contribution in [1.29, 1.82) is 0 Å². The van der Waals surface area contributed by atoms with Crippen molar-refractivity contribution in [2.24, 2.45) is 0 Å². The summed E-state index contributed by atoms with van der Waals surface area (Å²) in [6.45, 7) is 7.74. The van der Waals surface area contributed by atoms with Crippen LogP contribution in [0.4, 0.5) is 0 Å². The topological polar surface area (TPSA) is 27.7 Å². The Balaban J connectivity index is 1.70. The predicted octanol–water partition coefficient (Wildman–Crippen LogP) is 1.79. The minimum atomic E-state index is 0.867. The zero-order valence-electron chi connectivity index (χ0n) is 12.4. The first-order chi connectivity index (χ1) is 9.69. The Hall–Kier alpha value is -0.620. The van der Waals surface area contributed by atoms with Gasteiger partial charge in [0.05, 0.1) is 7.11 Å². The van der Waals surface area contributed by atoms with Crippen molar-refractivity contribution in [2.45, 2.75) is 6.54 Å². The minimum absolute atomic E-state index is 0.867. The first kappa shape index (κ1) is 15.8. The Morgan fingerprint density at radius 2 is 2.00 bits per heavy atom. The lowest BCUT2D eigenvalue weighted by molar-refractivity contribution is 0.154. The van der Waals surface area contributed by atoms with Crippen molar-refractivity contribution in [2.75, 3.05) is 53.4 Å². The van der Waals surface area contributed by atoms with E-state index >= 15 is 0 Å². The van der Waals surface area contributed by atoms with Crippen molar-refractivity contribution in [3.05, 3.63) is 28.2 Å². The summed E-state index contributed by atoms with van der Waals surface area (Å²) in [6.07, 6.45) is 0. The van der Waals surface area contributed by atoms with Gasteiger partial charge < -0.3 is 15.0 Å². The van der Waals surface area contributed by atoms with Gasteiger partial charge >= 0.3 is 0 Å². The Labute approximate surface area is 130 Å². The van der Waals surface area contributed by atoms with E-state index in [4.69, 9.17) is 4.74 Å². The van der Waals surface area contributed by atoms with Crippen LogP contribution in [-0.2, 0) is 6.54 Å². The maximum atomic E-state index is 5.26. The smallest absolute Gasteiger partial charge is 0.119 e. The molecule has 0 radical (unpaired) electrons. The van der Waals surface area contributed by atoms with Crippen molar-refractivity contribution >= 4 is 15.9 Å². The van der Waals surface area contributed by atoms with E-state index in [0.29, 0.717) is 0 Å². The Bertz CT molecular complexity index is 420. The van der Waals surface area contributed by atoms with Crippen molar-refractivity contribution in [1.82, 2.24) is 15.1 Å². The molecule has 0 aromatic heterocycles. The zero-order valence-corrected chi connectivity index (χ0v) is 13.9. The van der Waals surface area contributed by atoms with Gasteiger partial charge in [0.25, 0.3) is 0 Å². The van der Waals surface area contributed by atoms with Crippen LogP contribution >= 0.6 is 15.9 Å². The fourth-order valence-electron chi connectivity index (χ4n) is 2.35. The molecule has 1 heterocycles. The molecule has 0 atom stereocenters. The number of nitrogens with zero attached hydrogens (tertiary/aromatic N) is 2. The lowest BCUT2D eigenvalue weighted by atomic mass is 10.2. The summed E-state index contributed by atoms with van der Waals surface area (Å²) in [5, 5.41) is 3.51. The van der Waals surface area contributed by atoms with E-state index in [-0.39, 0.29) is 0 Å². The summed E-state index contributed by atoms with van der Waals surface area (Å²) in [7, 11) is 3.89. The molecule has 1 aliphatic rings. The van der Waals surface area contributed by atoms with Gasteiger partial charge in [-0.2, -0.15) is 0 Å². The molecule has 1 aromatic carbocycles. The molecule has 0 unspecified atom stereocenters. The lowest BCUT2D eigenvalue weighted by Crippen LogP contribution is -2.46. The summed E-state index contributed by atoms with van der Waals surface area (Å²) < 4.78 is 6.39. The largest absolute Gasteiger partial charge is 0.497 e. The van der Waals surface area contributed by atoms with Gasteiger partial charge in [0.2, 0.25) is 0 Å². The van der Waals surface area contributed by atoms with Crippen LogP contribution in [0.3, 0.4) is 0 Å². The van der Waals surface area contributed by atoms with E-state index in [1.807, 2.05) is 12.1 Å². The highest BCUT2D eigenvalue weighted by Gasteiger charge is 2.12. The number of hydrogen-bond donors (Lipinski definition) is 1. The van der Waals surface area contributed by atoms with E-state index in [1.165, 1.54) is 31.7 Å². The summed E-state index contributed by atoms with van der Waals surface area (Å²) in [4.78, 5) is 4.91. The van der Waals surface area contributed by atoms with Crippen LogP contribution < -0.4 is 10.1 Å². The first-order valence-corrected chi connectivity index (χ1v) is 7.92. The van der Waals surface area contributed by atoms with Crippen LogP contribution in [0.2, 0.25) is 0 Å². The highest BCUT2D eigenvalue weighted by atomic mass is 79.9. The normalized spacial score (nSPS) is 17.4. The number of rotatable bonds is 6. The standard InChI is InChI=1S/C15H24BrN3O/c1-18-7-9-19(10-8-18)6-5-17-12-13-11-14(20-2)3-4-15(13)16/h3-4,11,17H,5-10,12H2,1-2H3. The van der Waals surface area contributed by atoms with Gasteiger partial charge in [-0.05, 0) is 30.8 Å². The van der Waals surface area contributed by atoms with Gasteiger partial charge in [0.15, 0.2) is 0 Å². The lowest BCUT2D eigenvalue weighted by Gasteiger charge is -2.32. The molecule has 0 saturated carbocycles. The summed E-state index contributed by atoms with van der Waals surface area (Å²) >= 11 is 3.58. The van der Waals surface area contributed by atoms with Crippen LogP contribution in [0.5, 0.6) is 5.75 Å². The molecule has 0 amide bonds. The van der Waals surface area contributed by atoms with Crippen molar-refractivity contribution < 1.29 is 4.74 Å². The monoisotopic (exact) mass is 341 g/mol. The number of piperazine rings is 1. The molecule has 5 heteroatoms. The maximum absolute atomic E-state index is 5.26. The second-order valence-electron chi connectivity index (χ2n) is 5.28. The third kappa shape index (κ3) is 4.74. The zero-order chi connectivity index (χ0) is 14.4. The molecule has 112 valence electrons. The predicted molar refractivity (Wildman–Crippen MR) is 86.3 cm³/mol. The molecule has 1 saturated heterocycles. The van der Waals surface area contributed by atoms with E-state index in [0.717, 1.165) is 29.9 Å². The number of halogens is 1. The van der Waals surface area contributed by atoms with Crippen LogP contribution in [0.25, 0.3) is 0 Å². The molecule has 20 heavy (non-hydrogen) atoms. The summed E-state index contributed by atoms with van der Waals surface area (Å²) in [5.74, 6) is 0.907. The molecule has 1 aliphatic heterocycles. The third-order valence-corrected chi connectivity index (χ3v) is 4.54. The van der Waals surface area contributed by atoms with Gasteiger partial charge in [-0.25, -0.2) is 0 Å². The second kappa shape index (κ2) is 7.98. The Kier molecular flexibility index (Phi) is 6.29. The first-order valence-electron chi connectivity index (χ1n) is 7.13. The van der Waals surface area contributed by atoms with Gasteiger partial charge in [0, 0.05) is 50.3 Å². The quantitative estimate of drug-likeness (QED) is 0.798. The van der Waals surface area contributed by atoms with Crippen LogP contribution in [0.15, 0.2) is 22.7 Å². The summed E-state index contributed by atoms with van der Waals surface area (Å²) in [5.41, 5.74) is 1.24. The van der Waals surface area contributed by atoms with Crippen molar-refractivity contribution in [3.63, 3.8) is 0 Å². The number of methoxy groups -OCH3 is 1. The fraction of sp³-hybridized carbons (Fsp3) is 0.600. The molecular weight excluding hydrogens is 318 g/mol. The number of benzene rings is 1. The van der Waals surface area contributed by atoms with Gasteiger partial charge in [-0.3, -0.25) is 4.90 Å². The SMILES string of the molecule is COc1ccc(Br)c(CNCCN2CCN(C)CC2)c1. The molecule has 0 spiro atoms. The third-order valence-electron chi connectivity index (χ3n) is 3.77. The highest BCUT2D eigenvalue weighted by molar-refractivity contribution is 9.10. The minimum Gasteiger partial charge on any atom is -0.497 e. The Morgan fingerprint density at radius 3 is 2.70 bits per heavy atom. The molecule has 4 nitrogen and oxygen atoms in total. The highest BCUT2D eigenvalue weighted by Crippen LogP contribution is 2.22. The molecule has 0 aliphatic carbocycles. The number of hydrogen-bond acceptors (Lipinski definition) is 4. The van der Waals surface area contributed by atoms with E-state index in [2.05, 4.69) is 44.2 Å².